The molecule has 3 rings (SSSR count). The first kappa shape index (κ1) is 23.1. The maximum atomic E-state index is 12.9. The molecule has 0 radical (unpaired) electrons. The highest BCUT2D eigenvalue weighted by molar-refractivity contribution is 7.89. The molecule has 0 spiro atoms. The van der Waals surface area contributed by atoms with E-state index >= 15 is 0 Å². The number of carbonyl (C=O) groups excluding carboxylic acids is 1. The SMILES string of the molecule is Cc1ccc(S(=O)(=O)N[C@H](CC(=O)Nc2cc([N+](=O)[O-])ccc2C)c2ccccc2)cc1. The number of carbonyl (C=O) groups is 1. The van der Waals surface area contributed by atoms with Gasteiger partial charge in [-0.15, -0.1) is 0 Å². The van der Waals surface area contributed by atoms with Crippen LogP contribution >= 0.6 is 0 Å². The lowest BCUT2D eigenvalue weighted by Crippen LogP contribution is -2.31. The summed E-state index contributed by atoms with van der Waals surface area (Å²) in [4.78, 5) is 23.4. The number of benzene rings is 3. The van der Waals surface area contributed by atoms with Crippen LogP contribution in [0.25, 0.3) is 0 Å². The van der Waals surface area contributed by atoms with Crippen molar-refractivity contribution in [3.63, 3.8) is 0 Å². The maximum absolute atomic E-state index is 12.9. The summed E-state index contributed by atoms with van der Waals surface area (Å²) in [6.45, 7) is 3.57. The van der Waals surface area contributed by atoms with Gasteiger partial charge in [0.15, 0.2) is 0 Å². The zero-order valence-corrected chi connectivity index (χ0v) is 18.4. The van der Waals surface area contributed by atoms with E-state index in [1.165, 1.54) is 24.3 Å². The van der Waals surface area contributed by atoms with Gasteiger partial charge in [0.1, 0.15) is 0 Å². The minimum absolute atomic E-state index is 0.0963. The molecule has 166 valence electrons. The molecular weight excluding hydrogens is 430 g/mol. The second-order valence-electron chi connectivity index (χ2n) is 7.41. The Labute approximate surface area is 186 Å². The fourth-order valence-corrected chi connectivity index (χ4v) is 4.35. The molecule has 0 aliphatic heterocycles. The summed E-state index contributed by atoms with van der Waals surface area (Å²) in [6, 6.07) is 18.5. The number of rotatable bonds is 8. The van der Waals surface area contributed by atoms with Crippen molar-refractivity contribution in [2.24, 2.45) is 0 Å². The standard InChI is InChI=1S/C23H23N3O5S/c1-16-8-12-20(13-9-16)32(30,31)25-22(18-6-4-3-5-7-18)15-23(27)24-21-14-19(26(28)29)11-10-17(21)2/h3-14,22,25H,15H2,1-2H3,(H,24,27)/t22-/m1/s1. The molecule has 0 heterocycles. The zero-order valence-electron chi connectivity index (χ0n) is 17.6. The third-order valence-corrected chi connectivity index (χ3v) is 6.41. The molecule has 0 unspecified atom stereocenters. The van der Waals surface area contributed by atoms with Crippen molar-refractivity contribution in [3.05, 3.63) is 99.6 Å². The number of anilines is 1. The van der Waals surface area contributed by atoms with Gasteiger partial charge >= 0.3 is 0 Å². The predicted molar refractivity (Wildman–Crippen MR) is 122 cm³/mol. The van der Waals surface area contributed by atoms with Crippen LogP contribution in [0.2, 0.25) is 0 Å². The fourth-order valence-electron chi connectivity index (χ4n) is 3.13. The molecule has 0 saturated heterocycles. The summed E-state index contributed by atoms with van der Waals surface area (Å²) in [7, 11) is -3.89. The van der Waals surface area contributed by atoms with Gasteiger partial charge in [0.05, 0.1) is 21.5 Å². The van der Waals surface area contributed by atoms with Crippen LogP contribution in [-0.2, 0) is 14.8 Å². The monoisotopic (exact) mass is 453 g/mol. The van der Waals surface area contributed by atoms with Crippen molar-refractivity contribution in [3.8, 4) is 0 Å². The Hall–Kier alpha value is -3.56. The number of nitro benzene ring substituents is 1. The molecule has 9 heteroatoms. The Kier molecular flexibility index (Phi) is 7.01. The molecule has 3 aromatic rings. The fraction of sp³-hybridized carbons (Fsp3) is 0.174. The molecular formula is C23H23N3O5S. The number of nitrogens with one attached hydrogen (secondary N) is 2. The van der Waals surface area contributed by atoms with Gasteiger partial charge in [-0.2, -0.15) is 0 Å². The Bertz CT molecular complexity index is 1230. The molecule has 2 N–H and O–H groups in total. The van der Waals surface area contributed by atoms with Gasteiger partial charge in [-0.05, 0) is 37.1 Å². The Balaban J connectivity index is 1.84. The molecule has 32 heavy (non-hydrogen) atoms. The van der Waals surface area contributed by atoms with Crippen LogP contribution in [0.3, 0.4) is 0 Å². The summed E-state index contributed by atoms with van der Waals surface area (Å²) in [5.41, 5.74) is 2.35. The summed E-state index contributed by atoms with van der Waals surface area (Å²) in [6.07, 6.45) is -0.197. The number of nitrogens with zero attached hydrogens (tertiary/aromatic N) is 1. The molecule has 0 bridgehead atoms. The summed E-state index contributed by atoms with van der Waals surface area (Å²) >= 11 is 0. The number of nitro groups is 1. The normalized spacial score (nSPS) is 12.2. The van der Waals surface area contributed by atoms with E-state index in [9.17, 15) is 23.3 Å². The third kappa shape index (κ3) is 5.77. The first-order valence-corrected chi connectivity index (χ1v) is 11.3. The van der Waals surface area contributed by atoms with Gasteiger partial charge in [0.2, 0.25) is 15.9 Å². The summed E-state index contributed by atoms with van der Waals surface area (Å²) < 4.78 is 28.5. The molecule has 3 aromatic carbocycles. The highest BCUT2D eigenvalue weighted by Gasteiger charge is 2.24. The van der Waals surface area contributed by atoms with Crippen LogP contribution in [0.1, 0.15) is 29.2 Å². The van der Waals surface area contributed by atoms with Crippen molar-refractivity contribution in [2.45, 2.75) is 31.2 Å². The average molecular weight is 454 g/mol. The van der Waals surface area contributed by atoms with Crippen LogP contribution in [0, 0.1) is 24.0 Å². The molecule has 0 aliphatic carbocycles. The number of hydrogen-bond acceptors (Lipinski definition) is 5. The smallest absolute Gasteiger partial charge is 0.271 e. The van der Waals surface area contributed by atoms with Crippen molar-refractivity contribution in [1.82, 2.24) is 4.72 Å². The van der Waals surface area contributed by atoms with Gasteiger partial charge < -0.3 is 5.32 Å². The van der Waals surface area contributed by atoms with Gasteiger partial charge in [0, 0.05) is 18.6 Å². The van der Waals surface area contributed by atoms with E-state index < -0.39 is 26.9 Å². The van der Waals surface area contributed by atoms with E-state index in [2.05, 4.69) is 10.0 Å². The minimum Gasteiger partial charge on any atom is -0.326 e. The zero-order chi connectivity index (χ0) is 23.3. The Morgan fingerprint density at radius 1 is 1.00 bits per heavy atom. The molecule has 0 aliphatic rings. The van der Waals surface area contributed by atoms with Crippen LogP contribution < -0.4 is 10.0 Å². The van der Waals surface area contributed by atoms with Crippen molar-refractivity contribution < 1.29 is 18.1 Å². The number of aryl methyl sites for hydroxylation is 2. The molecule has 0 aromatic heterocycles. The lowest BCUT2D eigenvalue weighted by Gasteiger charge is -2.19. The largest absolute Gasteiger partial charge is 0.326 e. The first-order chi connectivity index (χ1) is 15.2. The summed E-state index contributed by atoms with van der Waals surface area (Å²) in [5.74, 6) is -0.478. The first-order valence-electron chi connectivity index (χ1n) is 9.84. The second kappa shape index (κ2) is 9.71. The summed E-state index contributed by atoms with van der Waals surface area (Å²) in [5, 5.41) is 13.7. The molecule has 8 nitrogen and oxygen atoms in total. The van der Waals surface area contributed by atoms with Crippen molar-refractivity contribution in [1.29, 1.82) is 0 Å². The van der Waals surface area contributed by atoms with E-state index in [0.29, 0.717) is 16.8 Å². The predicted octanol–water partition coefficient (Wildman–Crippen LogP) is 4.26. The molecule has 0 fully saturated rings. The van der Waals surface area contributed by atoms with E-state index in [4.69, 9.17) is 0 Å². The second-order valence-corrected chi connectivity index (χ2v) is 9.12. The number of non-ortho nitro benzene ring substituents is 1. The number of hydrogen-bond donors (Lipinski definition) is 2. The van der Waals surface area contributed by atoms with Crippen LogP contribution in [0.4, 0.5) is 11.4 Å². The maximum Gasteiger partial charge on any atom is 0.271 e. The van der Waals surface area contributed by atoms with Crippen LogP contribution in [0.5, 0.6) is 0 Å². The highest BCUT2D eigenvalue weighted by Crippen LogP contribution is 2.25. The van der Waals surface area contributed by atoms with Crippen LogP contribution in [0.15, 0.2) is 77.7 Å². The van der Waals surface area contributed by atoms with Gasteiger partial charge in [-0.25, -0.2) is 13.1 Å². The van der Waals surface area contributed by atoms with Crippen molar-refractivity contribution >= 4 is 27.3 Å². The topological polar surface area (TPSA) is 118 Å². The Morgan fingerprint density at radius 3 is 2.28 bits per heavy atom. The van der Waals surface area contributed by atoms with Gasteiger partial charge in [0.25, 0.3) is 5.69 Å². The third-order valence-electron chi connectivity index (χ3n) is 4.93. The van der Waals surface area contributed by atoms with Gasteiger partial charge in [-0.3, -0.25) is 14.9 Å². The van der Waals surface area contributed by atoms with E-state index in [-0.39, 0.29) is 17.0 Å². The van der Waals surface area contributed by atoms with Gasteiger partial charge in [-0.1, -0.05) is 54.1 Å². The van der Waals surface area contributed by atoms with Crippen LogP contribution in [-0.4, -0.2) is 19.2 Å². The highest BCUT2D eigenvalue weighted by atomic mass is 32.2. The number of sulfonamides is 1. The lowest BCUT2D eigenvalue weighted by molar-refractivity contribution is -0.384. The quantitative estimate of drug-likeness (QED) is 0.390. The number of amides is 1. The van der Waals surface area contributed by atoms with Crippen molar-refractivity contribution in [2.75, 3.05) is 5.32 Å². The van der Waals surface area contributed by atoms with E-state index in [1.54, 1.807) is 55.5 Å². The Morgan fingerprint density at radius 2 is 1.66 bits per heavy atom. The molecule has 1 atom stereocenters. The van der Waals surface area contributed by atoms with E-state index in [1.807, 2.05) is 6.92 Å². The van der Waals surface area contributed by atoms with E-state index in [0.717, 1.165) is 5.56 Å². The molecule has 0 saturated carbocycles. The average Bonchev–Trinajstić information content (AvgIpc) is 2.75. The minimum atomic E-state index is -3.89. The lowest BCUT2D eigenvalue weighted by atomic mass is 10.0. The molecule has 1 amide bonds.